The Labute approximate surface area is 188 Å². The van der Waals surface area contributed by atoms with Crippen molar-refractivity contribution in [3.63, 3.8) is 0 Å². The number of morpholine rings is 1. The van der Waals surface area contributed by atoms with E-state index in [1.54, 1.807) is 0 Å². The highest BCUT2D eigenvalue weighted by molar-refractivity contribution is 6.01. The van der Waals surface area contributed by atoms with Gasteiger partial charge in [0, 0.05) is 32.2 Å². The van der Waals surface area contributed by atoms with Crippen LogP contribution in [0.3, 0.4) is 0 Å². The summed E-state index contributed by atoms with van der Waals surface area (Å²) in [6, 6.07) is 10.8. The highest BCUT2D eigenvalue weighted by Crippen LogP contribution is 2.35. The summed E-state index contributed by atoms with van der Waals surface area (Å²) in [7, 11) is 0. The van der Waals surface area contributed by atoms with Crippen LogP contribution < -0.4 is 9.91 Å². The van der Waals surface area contributed by atoms with Crippen molar-refractivity contribution < 1.29 is 4.74 Å². The maximum Gasteiger partial charge on any atom is 0.164 e. The highest BCUT2D eigenvalue weighted by atomic mass is 16.5. The van der Waals surface area contributed by atoms with Gasteiger partial charge in [-0.25, -0.2) is 15.0 Å². The van der Waals surface area contributed by atoms with Crippen molar-refractivity contribution in [3.05, 3.63) is 47.8 Å². The topological polar surface area (TPSA) is 58.8 Å². The molecule has 1 saturated carbocycles. The molecule has 0 unspecified atom stereocenters. The molecule has 3 aromatic rings. The highest BCUT2D eigenvalue weighted by Gasteiger charge is 2.26. The van der Waals surface area contributed by atoms with Gasteiger partial charge in [-0.2, -0.15) is 5.10 Å². The van der Waals surface area contributed by atoms with Crippen LogP contribution in [0.2, 0.25) is 0 Å². The maximum absolute atomic E-state index is 5.60. The molecule has 4 heterocycles. The number of pyridine rings is 1. The van der Waals surface area contributed by atoms with E-state index in [-0.39, 0.29) is 0 Å². The minimum atomic E-state index is 0.751. The maximum atomic E-state index is 5.60. The Morgan fingerprint density at radius 1 is 1.09 bits per heavy atom. The molecular formula is C25H30N6O. The average molecular weight is 431 g/mol. The second-order valence-corrected chi connectivity index (χ2v) is 9.25. The van der Waals surface area contributed by atoms with E-state index < -0.39 is 0 Å². The lowest BCUT2D eigenvalue weighted by molar-refractivity contribution is 0.123. The minimum absolute atomic E-state index is 0.751. The lowest BCUT2D eigenvalue weighted by Gasteiger charge is -2.30. The predicted octanol–water partition coefficient (Wildman–Crippen LogP) is 3.99. The number of nitrogens with zero attached hydrogens (tertiary/aromatic N) is 6. The molecule has 32 heavy (non-hydrogen) atoms. The summed E-state index contributed by atoms with van der Waals surface area (Å²) in [5.41, 5.74) is 6.75. The average Bonchev–Trinajstić information content (AvgIpc) is 3.57. The number of imidazole rings is 1. The second kappa shape index (κ2) is 8.20. The molecule has 0 N–H and O–H groups in total. The number of rotatable bonds is 5. The molecule has 2 fully saturated rings. The summed E-state index contributed by atoms with van der Waals surface area (Å²) < 4.78 is 7.85. The Kier molecular flexibility index (Phi) is 5.06. The smallest absolute Gasteiger partial charge is 0.164 e. The summed E-state index contributed by atoms with van der Waals surface area (Å²) in [6.45, 7) is 7.29. The molecule has 7 nitrogen and oxygen atoms in total. The van der Waals surface area contributed by atoms with Crippen molar-refractivity contribution in [1.82, 2.24) is 14.5 Å². The van der Waals surface area contributed by atoms with E-state index in [1.807, 2.05) is 6.33 Å². The molecule has 0 radical (unpaired) electrons. The predicted molar refractivity (Wildman–Crippen MR) is 128 cm³/mol. The van der Waals surface area contributed by atoms with Crippen LogP contribution >= 0.6 is 0 Å². The van der Waals surface area contributed by atoms with Gasteiger partial charge in [0.05, 0.1) is 30.9 Å². The molecule has 7 heteroatoms. The molecule has 0 spiro atoms. The number of hydrogen-bond acceptors (Lipinski definition) is 6. The van der Waals surface area contributed by atoms with Gasteiger partial charge in [-0.3, -0.25) is 0 Å². The Hall–Kier alpha value is -2.93. The second-order valence-electron chi connectivity index (χ2n) is 9.25. The van der Waals surface area contributed by atoms with Gasteiger partial charge < -0.3 is 14.2 Å². The van der Waals surface area contributed by atoms with Crippen molar-refractivity contribution in [2.45, 2.75) is 39.2 Å². The zero-order valence-electron chi connectivity index (χ0n) is 18.7. The fourth-order valence-corrected chi connectivity index (χ4v) is 4.73. The van der Waals surface area contributed by atoms with Gasteiger partial charge >= 0.3 is 0 Å². The molecule has 166 valence electrons. The third-order valence-electron chi connectivity index (χ3n) is 6.68. The quantitative estimate of drug-likeness (QED) is 0.613. The number of hydrazone groups is 1. The summed E-state index contributed by atoms with van der Waals surface area (Å²) >= 11 is 0. The van der Waals surface area contributed by atoms with E-state index in [9.17, 15) is 0 Å². The molecule has 2 aliphatic heterocycles. The van der Waals surface area contributed by atoms with Gasteiger partial charge in [0.1, 0.15) is 5.52 Å². The summed E-state index contributed by atoms with van der Waals surface area (Å²) in [4.78, 5) is 12.3. The van der Waals surface area contributed by atoms with Crippen LogP contribution in [0, 0.1) is 12.8 Å². The van der Waals surface area contributed by atoms with Crippen molar-refractivity contribution in [1.29, 1.82) is 0 Å². The van der Waals surface area contributed by atoms with E-state index in [2.05, 4.69) is 51.7 Å². The standard InChI is InChI=1S/C25H30N6O/c1-18-4-2-5-20(14-18)21-6-3-9-31(28-21)23-15-22(29-10-12-32-13-11-29)24-25(27-23)30(17-26-24)16-19-7-8-19/h2,4-5,14-15,17,19H,3,6-13,16H2,1H3. The van der Waals surface area contributed by atoms with E-state index >= 15 is 0 Å². The molecule has 1 aliphatic carbocycles. The first-order valence-electron chi connectivity index (χ1n) is 11.9. The molecule has 0 amide bonds. The van der Waals surface area contributed by atoms with Crippen molar-refractivity contribution in [3.8, 4) is 0 Å². The number of hydrogen-bond donors (Lipinski definition) is 0. The van der Waals surface area contributed by atoms with Crippen molar-refractivity contribution in [2.24, 2.45) is 11.0 Å². The fourth-order valence-electron chi connectivity index (χ4n) is 4.73. The summed E-state index contributed by atoms with van der Waals surface area (Å²) in [5.74, 6) is 1.69. The Morgan fingerprint density at radius 3 is 2.78 bits per heavy atom. The molecular weight excluding hydrogens is 400 g/mol. The zero-order valence-corrected chi connectivity index (χ0v) is 18.7. The van der Waals surface area contributed by atoms with E-state index in [0.717, 1.165) is 86.5 Å². The molecule has 0 atom stereocenters. The number of ether oxygens (including phenoxy) is 1. The van der Waals surface area contributed by atoms with Gasteiger partial charge in [-0.1, -0.05) is 29.8 Å². The van der Waals surface area contributed by atoms with Gasteiger partial charge in [0.25, 0.3) is 0 Å². The van der Waals surface area contributed by atoms with Crippen LogP contribution in [-0.2, 0) is 11.3 Å². The third kappa shape index (κ3) is 3.86. The van der Waals surface area contributed by atoms with E-state index in [1.165, 1.54) is 24.0 Å². The Bertz CT molecular complexity index is 1160. The molecule has 3 aliphatic rings. The van der Waals surface area contributed by atoms with Gasteiger partial charge in [0.2, 0.25) is 0 Å². The van der Waals surface area contributed by atoms with E-state index in [0.29, 0.717) is 0 Å². The summed E-state index contributed by atoms with van der Waals surface area (Å²) in [6.07, 6.45) is 6.66. The normalized spacial score (nSPS) is 19.5. The lowest BCUT2D eigenvalue weighted by atomic mass is 10.0. The third-order valence-corrected chi connectivity index (χ3v) is 6.68. The number of aryl methyl sites for hydroxylation is 1. The van der Waals surface area contributed by atoms with E-state index in [4.69, 9.17) is 19.8 Å². The zero-order chi connectivity index (χ0) is 21.5. The summed E-state index contributed by atoms with van der Waals surface area (Å²) in [5, 5.41) is 7.15. The van der Waals surface area contributed by atoms with Crippen LogP contribution in [0.5, 0.6) is 0 Å². The largest absolute Gasteiger partial charge is 0.378 e. The first-order valence-corrected chi connectivity index (χ1v) is 11.9. The van der Waals surface area contributed by atoms with Crippen LogP contribution in [0.15, 0.2) is 41.8 Å². The first-order chi connectivity index (χ1) is 15.7. The number of anilines is 2. The fraction of sp³-hybridized carbons (Fsp3) is 0.480. The monoisotopic (exact) mass is 430 g/mol. The van der Waals surface area contributed by atoms with Crippen LogP contribution in [0.4, 0.5) is 11.5 Å². The van der Waals surface area contributed by atoms with Crippen LogP contribution in [0.1, 0.15) is 36.8 Å². The SMILES string of the molecule is Cc1cccc(C2=NN(c3cc(N4CCOCC4)c4ncn(CC5CC5)c4n3)CCC2)c1. The molecule has 6 rings (SSSR count). The molecule has 2 aromatic heterocycles. The van der Waals surface area contributed by atoms with Crippen molar-refractivity contribution in [2.75, 3.05) is 42.8 Å². The van der Waals surface area contributed by atoms with Crippen LogP contribution in [-0.4, -0.2) is 53.1 Å². The Balaban J connectivity index is 1.42. The number of aromatic nitrogens is 3. The lowest BCUT2D eigenvalue weighted by Crippen LogP contribution is -2.36. The van der Waals surface area contributed by atoms with Gasteiger partial charge in [-0.15, -0.1) is 0 Å². The number of benzene rings is 1. The van der Waals surface area contributed by atoms with Gasteiger partial charge in [-0.05, 0) is 44.1 Å². The van der Waals surface area contributed by atoms with Crippen molar-refractivity contribution >= 4 is 28.4 Å². The van der Waals surface area contributed by atoms with Gasteiger partial charge in [0.15, 0.2) is 11.5 Å². The Morgan fingerprint density at radius 2 is 1.97 bits per heavy atom. The van der Waals surface area contributed by atoms with Crippen LogP contribution in [0.25, 0.3) is 11.2 Å². The molecule has 1 aromatic carbocycles. The molecule has 1 saturated heterocycles. The number of fused-ring (bicyclic) bond motifs is 1. The minimum Gasteiger partial charge on any atom is -0.378 e. The molecule has 0 bridgehead atoms. The first kappa shape index (κ1) is 19.7.